The normalized spacial score (nSPS) is 24.8. The van der Waals surface area contributed by atoms with Crippen molar-refractivity contribution in [3.8, 4) is 0 Å². The number of carbonyl (C=O) groups excluding carboxylic acids is 4. The van der Waals surface area contributed by atoms with Crippen molar-refractivity contribution in [3.63, 3.8) is 0 Å². The lowest BCUT2D eigenvalue weighted by molar-refractivity contribution is -0.123. The number of carbonyl (C=O) groups is 4. The highest BCUT2D eigenvalue weighted by atomic mass is 35.5. The highest BCUT2D eigenvalue weighted by molar-refractivity contribution is 6.31. The van der Waals surface area contributed by atoms with E-state index in [0.29, 0.717) is 22.0 Å². The number of hydrogen-bond donors (Lipinski definition) is 1. The molecule has 2 bridgehead atoms. The smallest absolute Gasteiger partial charge is 0.338 e. The molecule has 1 heterocycles. The first-order chi connectivity index (χ1) is 16.3. The zero-order valence-corrected chi connectivity index (χ0v) is 19.5. The fourth-order valence-corrected chi connectivity index (χ4v) is 5.59. The molecule has 4 atom stereocenters. The quantitative estimate of drug-likeness (QED) is 0.396. The number of ether oxygens (including phenoxy) is 1. The Bertz CT molecular complexity index is 1250. The Morgan fingerprint density at radius 2 is 1.76 bits per heavy atom. The summed E-state index contributed by atoms with van der Waals surface area (Å²) < 4.78 is 5.11. The van der Waals surface area contributed by atoms with Gasteiger partial charge in [-0.2, -0.15) is 0 Å². The number of esters is 1. The van der Waals surface area contributed by atoms with Crippen molar-refractivity contribution < 1.29 is 23.9 Å². The molecular formula is C26H23ClN2O5. The molecule has 2 aromatic carbocycles. The van der Waals surface area contributed by atoms with Crippen LogP contribution < -0.4 is 10.2 Å². The van der Waals surface area contributed by atoms with Crippen LogP contribution in [0.3, 0.4) is 0 Å². The summed E-state index contributed by atoms with van der Waals surface area (Å²) in [6, 6.07) is 11.2. The molecule has 1 saturated heterocycles. The summed E-state index contributed by atoms with van der Waals surface area (Å²) in [4.78, 5) is 51.9. The second kappa shape index (κ2) is 8.40. The fourth-order valence-electron chi connectivity index (χ4n) is 5.42. The van der Waals surface area contributed by atoms with E-state index < -0.39 is 18.5 Å². The lowest BCUT2D eigenvalue weighted by atomic mass is 9.82. The lowest BCUT2D eigenvalue weighted by Crippen LogP contribution is -2.33. The second-order valence-corrected chi connectivity index (χ2v) is 9.47. The summed E-state index contributed by atoms with van der Waals surface area (Å²) in [7, 11) is 0. The molecule has 2 fully saturated rings. The molecule has 5 rings (SSSR count). The maximum atomic E-state index is 13.1. The highest BCUT2D eigenvalue weighted by Crippen LogP contribution is 2.55. The fraction of sp³-hybridized carbons (Fsp3) is 0.308. The maximum Gasteiger partial charge on any atom is 0.338 e. The van der Waals surface area contributed by atoms with Gasteiger partial charge in [0, 0.05) is 10.7 Å². The minimum atomic E-state index is -0.682. The molecule has 8 heteroatoms. The number of halogens is 1. The summed E-state index contributed by atoms with van der Waals surface area (Å²) in [6.45, 7) is 3.34. The van der Waals surface area contributed by atoms with Gasteiger partial charge in [0.05, 0.1) is 23.1 Å². The number of fused-ring (bicyclic) bond motifs is 5. The van der Waals surface area contributed by atoms with Gasteiger partial charge < -0.3 is 10.1 Å². The third kappa shape index (κ3) is 3.60. The molecule has 0 aromatic heterocycles. The predicted octanol–water partition coefficient (Wildman–Crippen LogP) is 4.15. The minimum Gasteiger partial charge on any atom is -0.452 e. The van der Waals surface area contributed by atoms with E-state index in [1.54, 1.807) is 37.3 Å². The zero-order chi connectivity index (χ0) is 24.1. The largest absolute Gasteiger partial charge is 0.452 e. The van der Waals surface area contributed by atoms with Gasteiger partial charge in [-0.15, -0.1) is 0 Å². The standard InChI is InChI=1S/C26H23ClN2O5/c1-13-10-16-11-18(13)23-22(16)24(31)29(25(23)32)17-8-6-15(7-9-17)26(33)34-12-21(30)28-20-5-3-4-19(27)14(20)2/h3-10,16,18,22-23H,11-12H2,1-2H3,(H,28,30)/t16-,18+,22-,23+/m0/s1. The topological polar surface area (TPSA) is 92.8 Å². The van der Waals surface area contributed by atoms with Crippen LogP contribution in [-0.2, 0) is 19.1 Å². The minimum absolute atomic E-state index is 0.132. The molecule has 0 spiro atoms. The number of benzene rings is 2. The van der Waals surface area contributed by atoms with E-state index in [-0.39, 0.29) is 41.0 Å². The highest BCUT2D eigenvalue weighted by Gasteiger charge is 2.60. The molecule has 1 N–H and O–H groups in total. The van der Waals surface area contributed by atoms with Crippen LogP contribution in [-0.4, -0.2) is 30.3 Å². The van der Waals surface area contributed by atoms with E-state index >= 15 is 0 Å². The first-order valence-electron chi connectivity index (χ1n) is 11.1. The van der Waals surface area contributed by atoms with Crippen LogP contribution in [0.15, 0.2) is 54.1 Å². The van der Waals surface area contributed by atoms with E-state index in [2.05, 4.69) is 11.4 Å². The van der Waals surface area contributed by atoms with E-state index in [1.807, 2.05) is 6.92 Å². The summed E-state index contributed by atoms with van der Waals surface area (Å²) in [5, 5.41) is 3.18. The number of imide groups is 1. The van der Waals surface area contributed by atoms with Gasteiger partial charge >= 0.3 is 5.97 Å². The monoisotopic (exact) mass is 478 g/mol. The Kier molecular flexibility index (Phi) is 5.52. The Morgan fingerprint density at radius 1 is 1.06 bits per heavy atom. The molecule has 1 aliphatic heterocycles. The maximum absolute atomic E-state index is 13.1. The average molecular weight is 479 g/mol. The number of allylic oxidation sites excluding steroid dienone is 2. The molecule has 34 heavy (non-hydrogen) atoms. The van der Waals surface area contributed by atoms with Crippen molar-refractivity contribution >= 4 is 46.7 Å². The number of hydrogen-bond acceptors (Lipinski definition) is 5. The number of anilines is 2. The van der Waals surface area contributed by atoms with Crippen LogP contribution in [0.25, 0.3) is 0 Å². The van der Waals surface area contributed by atoms with Crippen molar-refractivity contribution in [2.75, 3.05) is 16.8 Å². The van der Waals surface area contributed by atoms with Gasteiger partial charge in [0.25, 0.3) is 5.91 Å². The molecule has 7 nitrogen and oxygen atoms in total. The summed E-state index contributed by atoms with van der Waals surface area (Å²) >= 11 is 6.05. The van der Waals surface area contributed by atoms with Crippen LogP contribution in [0.5, 0.6) is 0 Å². The van der Waals surface area contributed by atoms with E-state index in [4.69, 9.17) is 16.3 Å². The van der Waals surface area contributed by atoms with Gasteiger partial charge in [-0.3, -0.25) is 19.3 Å². The van der Waals surface area contributed by atoms with Gasteiger partial charge in [0.1, 0.15) is 0 Å². The van der Waals surface area contributed by atoms with Gasteiger partial charge in [0.15, 0.2) is 6.61 Å². The number of nitrogens with one attached hydrogen (secondary N) is 1. The third-order valence-electron chi connectivity index (χ3n) is 7.12. The Morgan fingerprint density at radius 3 is 2.50 bits per heavy atom. The van der Waals surface area contributed by atoms with Crippen molar-refractivity contribution in [1.29, 1.82) is 0 Å². The van der Waals surface area contributed by atoms with E-state index in [1.165, 1.54) is 22.6 Å². The van der Waals surface area contributed by atoms with Gasteiger partial charge in [-0.1, -0.05) is 29.3 Å². The van der Waals surface area contributed by atoms with Crippen LogP contribution in [0.2, 0.25) is 5.02 Å². The first kappa shape index (κ1) is 22.3. The average Bonchev–Trinajstić information content (AvgIpc) is 3.45. The van der Waals surface area contributed by atoms with Crippen molar-refractivity contribution in [2.45, 2.75) is 20.3 Å². The predicted molar refractivity (Wildman–Crippen MR) is 126 cm³/mol. The summed E-state index contributed by atoms with van der Waals surface area (Å²) in [5.41, 5.74) is 3.11. The first-order valence-corrected chi connectivity index (χ1v) is 11.5. The van der Waals surface area contributed by atoms with Crippen molar-refractivity contribution in [1.82, 2.24) is 0 Å². The van der Waals surface area contributed by atoms with Crippen LogP contribution in [0, 0.1) is 30.6 Å². The van der Waals surface area contributed by atoms with E-state index in [0.717, 1.165) is 6.42 Å². The molecule has 2 aromatic rings. The number of rotatable bonds is 5. The Balaban J connectivity index is 1.21. The molecule has 1 saturated carbocycles. The zero-order valence-electron chi connectivity index (χ0n) is 18.7. The molecule has 0 unspecified atom stereocenters. The van der Waals surface area contributed by atoms with Crippen LogP contribution in [0.4, 0.5) is 11.4 Å². The van der Waals surface area contributed by atoms with Crippen molar-refractivity contribution in [3.05, 3.63) is 70.3 Å². The lowest BCUT2D eigenvalue weighted by Gasteiger charge is -2.19. The van der Waals surface area contributed by atoms with Crippen LogP contribution >= 0.6 is 11.6 Å². The van der Waals surface area contributed by atoms with Gasteiger partial charge in [0.2, 0.25) is 11.8 Å². The van der Waals surface area contributed by atoms with Gasteiger partial charge in [-0.05, 0) is 74.1 Å². The summed E-state index contributed by atoms with van der Waals surface area (Å²) in [6.07, 6.45) is 3.01. The molecule has 174 valence electrons. The third-order valence-corrected chi connectivity index (χ3v) is 7.53. The Hall–Kier alpha value is -3.45. The molecule has 3 aliphatic rings. The molecular weight excluding hydrogens is 456 g/mol. The van der Waals surface area contributed by atoms with E-state index in [9.17, 15) is 19.2 Å². The molecule has 0 radical (unpaired) electrons. The number of nitrogens with zero attached hydrogens (tertiary/aromatic N) is 1. The van der Waals surface area contributed by atoms with Crippen molar-refractivity contribution in [2.24, 2.45) is 23.7 Å². The molecule has 2 aliphatic carbocycles. The SMILES string of the molecule is CC1=C[C@H]2C[C@H]1[C@H]1C(=O)N(c3ccc(C(=O)OCC(=O)Nc4cccc(Cl)c4C)cc3)C(=O)[C@H]12. The van der Waals surface area contributed by atoms with Crippen LogP contribution in [0.1, 0.15) is 29.3 Å². The number of amides is 3. The summed E-state index contributed by atoms with van der Waals surface area (Å²) in [5.74, 6) is -1.80. The molecule has 3 amide bonds. The van der Waals surface area contributed by atoms with Gasteiger partial charge in [-0.25, -0.2) is 4.79 Å². The second-order valence-electron chi connectivity index (χ2n) is 9.06. The Labute approximate surface area is 201 Å².